The zero-order valence-corrected chi connectivity index (χ0v) is 5.50. The van der Waals surface area contributed by atoms with Gasteiger partial charge in [-0.3, -0.25) is 4.79 Å². The smallest absolute Gasteiger partial charge is 0.325 e. The van der Waals surface area contributed by atoms with Gasteiger partial charge in [-0.2, -0.15) is 5.48 Å². The molecule has 6 heteroatoms. The van der Waals surface area contributed by atoms with E-state index in [1.165, 1.54) is 0 Å². The van der Waals surface area contributed by atoms with Gasteiger partial charge in [0.25, 0.3) is 10.5 Å². The molecule has 0 rings (SSSR count). The van der Waals surface area contributed by atoms with Crippen LogP contribution in [0.2, 0.25) is 0 Å². The van der Waals surface area contributed by atoms with Crippen molar-refractivity contribution in [1.82, 2.24) is 5.48 Å². The van der Waals surface area contributed by atoms with E-state index in [0.29, 0.717) is 0 Å². The van der Waals surface area contributed by atoms with Crippen LogP contribution in [0.5, 0.6) is 0 Å². The molecule has 0 aromatic carbocycles. The second kappa shape index (κ2) is 4.45. The van der Waals surface area contributed by atoms with Crippen LogP contribution in [0.4, 0.5) is 0 Å². The summed E-state index contributed by atoms with van der Waals surface area (Å²) in [5.41, 5.74) is 2.00. The van der Waals surface area contributed by atoms with Crippen LogP contribution < -0.4 is 5.48 Å². The van der Waals surface area contributed by atoms with Crippen molar-refractivity contribution >= 4 is 16.5 Å². The minimum absolute atomic E-state index is 0.514. The molecule has 0 unspecified atom stereocenters. The summed E-state index contributed by atoms with van der Waals surface area (Å²) in [6, 6.07) is -1.08. The number of hydroxylamine groups is 1. The van der Waals surface area contributed by atoms with Gasteiger partial charge in [0.05, 0.1) is 6.61 Å². The summed E-state index contributed by atoms with van der Waals surface area (Å²) in [6.45, 7) is -0.514. The normalized spacial score (nSPS) is 13.1. The molecule has 0 aliphatic carbocycles. The molecule has 51 valence electrons. The van der Waals surface area contributed by atoms with Gasteiger partial charge in [-0.1, -0.05) is 0 Å². The summed E-state index contributed by atoms with van der Waals surface area (Å²) in [4.78, 5) is 10.00. The van der Waals surface area contributed by atoms with E-state index in [0.717, 1.165) is 0 Å². The number of aliphatic carboxylic acids is 1. The van der Waals surface area contributed by atoms with Crippen LogP contribution in [0.3, 0.4) is 0 Å². The third kappa shape index (κ3) is 3.20. The van der Waals surface area contributed by atoms with E-state index in [2.05, 4.69) is 15.0 Å². The van der Waals surface area contributed by atoms with Gasteiger partial charge >= 0.3 is 5.97 Å². The van der Waals surface area contributed by atoms with Gasteiger partial charge in [0.1, 0.15) is 0 Å². The molecule has 0 aromatic rings. The third-order valence-electron chi connectivity index (χ3n) is 0.682. The Balaban J connectivity index is 3.54. The molecule has 0 aromatic heterocycles. The third-order valence-corrected chi connectivity index (χ3v) is 0.800. The maximum absolute atomic E-state index is 10.00. The standard InChI is InChI=1S/C3H6NO4Si/c5-1-2(3(6)7)4-8-9/h2,4-5H,1H2,(H,6,7)/t2-/m0/s1. The van der Waals surface area contributed by atoms with E-state index in [-0.39, 0.29) is 0 Å². The summed E-state index contributed by atoms with van der Waals surface area (Å²) in [5.74, 6) is -1.17. The van der Waals surface area contributed by atoms with Crippen LogP contribution >= 0.6 is 0 Å². The van der Waals surface area contributed by atoms with Gasteiger partial charge in [0.15, 0.2) is 6.04 Å². The first-order chi connectivity index (χ1) is 4.22. The fourth-order valence-electron chi connectivity index (χ4n) is 0.237. The zero-order chi connectivity index (χ0) is 7.28. The van der Waals surface area contributed by atoms with Crippen LogP contribution in [0, 0.1) is 0 Å². The second-order valence-corrected chi connectivity index (χ2v) is 1.50. The van der Waals surface area contributed by atoms with Gasteiger partial charge in [0, 0.05) is 0 Å². The highest BCUT2D eigenvalue weighted by atomic mass is 28.2. The minimum Gasteiger partial charge on any atom is -0.480 e. The van der Waals surface area contributed by atoms with E-state index >= 15 is 0 Å². The average molecular weight is 148 g/mol. The molecule has 0 saturated carbocycles. The molecular weight excluding hydrogens is 142 g/mol. The molecule has 0 heterocycles. The molecule has 9 heavy (non-hydrogen) atoms. The molecule has 0 amide bonds. The lowest BCUT2D eigenvalue weighted by Crippen LogP contribution is -2.39. The maximum Gasteiger partial charge on any atom is 0.325 e. The number of aliphatic hydroxyl groups is 1. The zero-order valence-electron chi connectivity index (χ0n) is 4.50. The van der Waals surface area contributed by atoms with Crippen molar-refractivity contribution in [3.63, 3.8) is 0 Å². The Bertz CT molecular complexity index is 97.8. The predicted octanol–water partition coefficient (Wildman–Crippen LogP) is -1.96. The van der Waals surface area contributed by atoms with Crippen molar-refractivity contribution in [2.45, 2.75) is 6.04 Å². The number of hydrogen-bond donors (Lipinski definition) is 3. The van der Waals surface area contributed by atoms with Crippen LogP contribution in [0.1, 0.15) is 0 Å². The van der Waals surface area contributed by atoms with Crippen molar-refractivity contribution in [3.05, 3.63) is 0 Å². The largest absolute Gasteiger partial charge is 0.480 e. The minimum atomic E-state index is -1.17. The molecule has 0 saturated heterocycles. The van der Waals surface area contributed by atoms with Crippen LogP contribution in [-0.4, -0.2) is 39.3 Å². The summed E-state index contributed by atoms with van der Waals surface area (Å²) < 4.78 is 4.07. The van der Waals surface area contributed by atoms with E-state index in [9.17, 15) is 4.79 Å². The predicted molar refractivity (Wildman–Crippen MR) is 28.5 cm³/mol. The maximum atomic E-state index is 10.00. The number of carboxylic acids is 1. The molecule has 0 aliphatic rings. The van der Waals surface area contributed by atoms with Crippen LogP contribution in [-0.2, 0) is 9.32 Å². The number of rotatable bonds is 4. The van der Waals surface area contributed by atoms with E-state index in [1.54, 1.807) is 0 Å². The quantitative estimate of drug-likeness (QED) is 0.318. The van der Waals surface area contributed by atoms with Crippen LogP contribution in [0.15, 0.2) is 0 Å². The van der Waals surface area contributed by atoms with Crippen LogP contribution in [0.25, 0.3) is 0 Å². The van der Waals surface area contributed by atoms with Crippen molar-refractivity contribution in [1.29, 1.82) is 0 Å². The topological polar surface area (TPSA) is 78.8 Å². The molecule has 0 spiro atoms. The Kier molecular flexibility index (Phi) is 4.23. The van der Waals surface area contributed by atoms with E-state index < -0.39 is 18.6 Å². The fraction of sp³-hybridized carbons (Fsp3) is 0.667. The van der Waals surface area contributed by atoms with E-state index in [1.807, 2.05) is 5.48 Å². The van der Waals surface area contributed by atoms with Gasteiger partial charge < -0.3 is 14.7 Å². The second-order valence-electron chi connectivity index (χ2n) is 1.29. The highest BCUT2D eigenvalue weighted by Gasteiger charge is 2.13. The summed E-state index contributed by atoms with van der Waals surface area (Å²) >= 11 is 0. The molecule has 1 atom stereocenters. The lowest BCUT2D eigenvalue weighted by atomic mass is 10.3. The van der Waals surface area contributed by atoms with E-state index in [4.69, 9.17) is 10.2 Å². The summed E-state index contributed by atoms with van der Waals surface area (Å²) in [6.07, 6.45) is 0. The highest BCUT2D eigenvalue weighted by molar-refractivity contribution is 5.97. The molecule has 3 radical (unpaired) electrons. The number of hydrogen-bond acceptors (Lipinski definition) is 4. The first-order valence-corrected chi connectivity index (χ1v) is 2.55. The Hall–Kier alpha value is -0.433. The molecule has 3 N–H and O–H groups in total. The lowest BCUT2D eigenvalue weighted by molar-refractivity contribution is -0.142. The van der Waals surface area contributed by atoms with Gasteiger partial charge in [-0.15, -0.1) is 0 Å². The molecule has 5 nitrogen and oxygen atoms in total. The van der Waals surface area contributed by atoms with Gasteiger partial charge in [0.2, 0.25) is 0 Å². The molecule has 0 bridgehead atoms. The number of carbonyl (C=O) groups is 1. The SMILES string of the molecule is O=C(O)[C@H](CO)NO[Si]. The number of aliphatic hydroxyl groups excluding tert-OH is 1. The molecule has 0 aliphatic heterocycles. The number of nitrogens with one attached hydrogen (secondary N) is 1. The Morgan fingerprint density at radius 2 is 2.44 bits per heavy atom. The van der Waals surface area contributed by atoms with Crippen molar-refractivity contribution < 1.29 is 19.5 Å². The van der Waals surface area contributed by atoms with Crippen molar-refractivity contribution in [2.24, 2.45) is 0 Å². The first-order valence-electron chi connectivity index (χ1n) is 2.14. The summed E-state index contributed by atoms with van der Waals surface area (Å²) in [5, 5.41) is 16.5. The first kappa shape index (κ1) is 8.57. The van der Waals surface area contributed by atoms with Gasteiger partial charge in [-0.05, 0) is 0 Å². The fourth-order valence-corrected chi connectivity index (χ4v) is 0.379. The van der Waals surface area contributed by atoms with Crippen molar-refractivity contribution in [3.8, 4) is 0 Å². The Morgan fingerprint density at radius 3 is 2.56 bits per heavy atom. The lowest BCUT2D eigenvalue weighted by Gasteiger charge is -2.07. The van der Waals surface area contributed by atoms with Crippen molar-refractivity contribution in [2.75, 3.05) is 6.61 Å². The molecule has 0 fully saturated rings. The monoisotopic (exact) mass is 148 g/mol. The Labute approximate surface area is 55.1 Å². The molecular formula is C3H6NO4Si. The number of carboxylic acid groups (broad SMARTS) is 1. The average Bonchev–Trinajstić information content (AvgIpc) is 1.82. The Morgan fingerprint density at radius 1 is 1.89 bits per heavy atom. The summed E-state index contributed by atoms with van der Waals surface area (Å²) in [7, 11) is 2.52. The van der Waals surface area contributed by atoms with Gasteiger partial charge in [-0.25, -0.2) is 0 Å². The highest BCUT2D eigenvalue weighted by Crippen LogP contribution is 1.79.